The monoisotopic (exact) mass is 378 g/mol. The van der Waals surface area contributed by atoms with Crippen molar-refractivity contribution in [2.75, 3.05) is 31.6 Å². The first-order valence-electron chi connectivity index (χ1n) is 9.24. The average molecular weight is 378 g/mol. The van der Waals surface area contributed by atoms with Crippen LogP contribution >= 0.6 is 0 Å². The zero-order valence-corrected chi connectivity index (χ0v) is 15.7. The fourth-order valence-electron chi connectivity index (χ4n) is 3.52. The molecule has 2 aromatic carbocycles. The highest BCUT2D eigenvalue weighted by Crippen LogP contribution is 2.31. The Morgan fingerprint density at radius 2 is 2.14 bits per heavy atom. The van der Waals surface area contributed by atoms with E-state index < -0.39 is 0 Å². The SMILES string of the molecule is COc1ccccc1N1CC[C@H](CNC(=O)c2cccc(-n3cnnn3)c2)C1. The lowest BCUT2D eigenvalue weighted by atomic mass is 10.1. The van der Waals surface area contributed by atoms with E-state index in [1.807, 2.05) is 30.3 Å². The fraction of sp³-hybridized carbons (Fsp3) is 0.300. The molecule has 28 heavy (non-hydrogen) atoms. The van der Waals surface area contributed by atoms with E-state index in [2.05, 4.69) is 31.8 Å². The lowest BCUT2D eigenvalue weighted by molar-refractivity contribution is 0.0948. The van der Waals surface area contributed by atoms with Gasteiger partial charge in [0.2, 0.25) is 0 Å². The van der Waals surface area contributed by atoms with Crippen molar-refractivity contribution in [3.05, 3.63) is 60.4 Å². The Kier molecular flexibility index (Phi) is 5.18. The topological polar surface area (TPSA) is 85.2 Å². The summed E-state index contributed by atoms with van der Waals surface area (Å²) < 4.78 is 6.99. The van der Waals surface area contributed by atoms with Gasteiger partial charge in [0, 0.05) is 25.2 Å². The summed E-state index contributed by atoms with van der Waals surface area (Å²) in [6.07, 6.45) is 2.53. The van der Waals surface area contributed by atoms with E-state index in [4.69, 9.17) is 4.74 Å². The molecule has 1 aliphatic heterocycles. The van der Waals surface area contributed by atoms with Gasteiger partial charge in [-0.3, -0.25) is 4.79 Å². The van der Waals surface area contributed by atoms with E-state index >= 15 is 0 Å². The minimum atomic E-state index is -0.0920. The van der Waals surface area contributed by atoms with Crippen LogP contribution in [-0.4, -0.2) is 52.9 Å². The Balaban J connectivity index is 1.35. The van der Waals surface area contributed by atoms with Gasteiger partial charge in [-0.1, -0.05) is 18.2 Å². The highest BCUT2D eigenvalue weighted by Gasteiger charge is 2.25. The van der Waals surface area contributed by atoms with Gasteiger partial charge in [-0.25, -0.2) is 4.68 Å². The van der Waals surface area contributed by atoms with Gasteiger partial charge in [0.15, 0.2) is 0 Å². The van der Waals surface area contributed by atoms with Crippen LogP contribution < -0.4 is 15.0 Å². The second-order valence-corrected chi connectivity index (χ2v) is 6.79. The van der Waals surface area contributed by atoms with E-state index in [1.165, 1.54) is 11.0 Å². The van der Waals surface area contributed by atoms with E-state index in [1.54, 1.807) is 19.2 Å². The predicted octanol–water partition coefficient (Wildman–Crippen LogP) is 1.93. The standard InChI is InChI=1S/C20H22N6O2/c1-28-19-8-3-2-7-18(19)25-10-9-15(13-25)12-21-20(27)16-5-4-6-17(11-16)26-14-22-23-24-26/h2-8,11,14-15H,9-10,12-13H2,1H3,(H,21,27)/t15-/m1/s1. The number of aromatic nitrogens is 4. The molecule has 0 saturated carbocycles. The Bertz CT molecular complexity index is 943. The van der Waals surface area contributed by atoms with Gasteiger partial charge in [-0.2, -0.15) is 0 Å². The highest BCUT2D eigenvalue weighted by molar-refractivity contribution is 5.94. The summed E-state index contributed by atoms with van der Waals surface area (Å²) >= 11 is 0. The number of benzene rings is 2. The van der Waals surface area contributed by atoms with Gasteiger partial charge in [-0.05, 0) is 53.1 Å². The summed E-state index contributed by atoms with van der Waals surface area (Å²) in [5.74, 6) is 1.19. The second kappa shape index (κ2) is 8.08. The molecule has 1 atom stereocenters. The highest BCUT2D eigenvalue weighted by atomic mass is 16.5. The molecule has 1 saturated heterocycles. The number of nitrogens with one attached hydrogen (secondary N) is 1. The van der Waals surface area contributed by atoms with Crippen LogP contribution in [0.2, 0.25) is 0 Å². The quantitative estimate of drug-likeness (QED) is 0.705. The van der Waals surface area contributed by atoms with Crippen LogP contribution in [0.15, 0.2) is 54.9 Å². The average Bonchev–Trinajstić information content (AvgIpc) is 3.44. The maximum absolute atomic E-state index is 12.6. The van der Waals surface area contributed by atoms with Crippen molar-refractivity contribution in [1.82, 2.24) is 25.5 Å². The molecule has 0 radical (unpaired) electrons. The number of rotatable bonds is 6. The van der Waals surface area contributed by atoms with Crippen LogP contribution in [0.4, 0.5) is 5.69 Å². The number of ether oxygens (including phenoxy) is 1. The Hall–Kier alpha value is -3.42. The molecule has 3 aromatic rings. The third-order valence-electron chi connectivity index (χ3n) is 4.98. The second-order valence-electron chi connectivity index (χ2n) is 6.79. The number of nitrogens with zero attached hydrogens (tertiary/aromatic N) is 5. The van der Waals surface area contributed by atoms with E-state index in [9.17, 15) is 4.79 Å². The minimum Gasteiger partial charge on any atom is -0.495 e. The summed E-state index contributed by atoms with van der Waals surface area (Å²) in [4.78, 5) is 14.9. The third kappa shape index (κ3) is 3.80. The Labute approximate surface area is 163 Å². The number of methoxy groups -OCH3 is 1. The van der Waals surface area contributed by atoms with Gasteiger partial charge in [0.1, 0.15) is 12.1 Å². The van der Waals surface area contributed by atoms with Gasteiger partial charge in [-0.15, -0.1) is 5.10 Å². The Morgan fingerprint density at radius 3 is 2.96 bits per heavy atom. The van der Waals surface area contributed by atoms with Crippen molar-refractivity contribution in [2.24, 2.45) is 5.92 Å². The molecule has 0 aliphatic carbocycles. The smallest absolute Gasteiger partial charge is 0.251 e. The fourth-order valence-corrected chi connectivity index (χ4v) is 3.52. The summed E-state index contributed by atoms with van der Waals surface area (Å²) in [6.45, 7) is 2.49. The molecule has 1 amide bonds. The van der Waals surface area contributed by atoms with Crippen molar-refractivity contribution in [2.45, 2.75) is 6.42 Å². The number of anilines is 1. The van der Waals surface area contributed by atoms with Crippen LogP contribution in [0.25, 0.3) is 5.69 Å². The minimum absolute atomic E-state index is 0.0920. The zero-order chi connectivity index (χ0) is 19.3. The number of carbonyl (C=O) groups is 1. The zero-order valence-electron chi connectivity index (χ0n) is 15.7. The molecular weight excluding hydrogens is 356 g/mol. The van der Waals surface area contributed by atoms with Crippen molar-refractivity contribution in [3.8, 4) is 11.4 Å². The molecule has 8 heteroatoms. The number of amides is 1. The van der Waals surface area contributed by atoms with Crippen LogP contribution in [-0.2, 0) is 0 Å². The molecule has 8 nitrogen and oxygen atoms in total. The van der Waals surface area contributed by atoms with Crippen LogP contribution in [0.1, 0.15) is 16.8 Å². The first-order chi connectivity index (χ1) is 13.7. The maximum atomic E-state index is 12.6. The van der Waals surface area contributed by atoms with Gasteiger partial charge in [0.05, 0.1) is 18.5 Å². The lowest BCUT2D eigenvalue weighted by Crippen LogP contribution is -2.31. The summed E-state index contributed by atoms with van der Waals surface area (Å²) in [5, 5.41) is 14.2. The summed E-state index contributed by atoms with van der Waals surface area (Å²) in [6, 6.07) is 15.3. The largest absolute Gasteiger partial charge is 0.495 e. The molecule has 1 N–H and O–H groups in total. The van der Waals surface area contributed by atoms with Crippen molar-refractivity contribution < 1.29 is 9.53 Å². The van der Waals surface area contributed by atoms with Crippen LogP contribution in [0.5, 0.6) is 5.75 Å². The normalized spacial score (nSPS) is 16.2. The molecule has 4 rings (SSSR count). The molecule has 1 aliphatic rings. The number of para-hydroxylation sites is 2. The molecular formula is C20H22N6O2. The van der Waals surface area contributed by atoms with Gasteiger partial charge >= 0.3 is 0 Å². The number of tetrazole rings is 1. The number of hydrogen-bond acceptors (Lipinski definition) is 6. The summed E-state index contributed by atoms with van der Waals surface area (Å²) in [5.41, 5.74) is 2.45. The van der Waals surface area contributed by atoms with E-state index in [-0.39, 0.29) is 5.91 Å². The number of hydrogen-bond donors (Lipinski definition) is 1. The first kappa shape index (κ1) is 18.0. The number of carbonyl (C=O) groups excluding carboxylic acids is 1. The Morgan fingerprint density at radius 1 is 1.25 bits per heavy atom. The van der Waals surface area contributed by atoms with E-state index in [0.717, 1.165) is 36.6 Å². The molecule has 0 bridgehead atoms. The molecule has 0 spiro atoms. The van der Waals surface area contributed by atoms with Crippen molar-refractivity contribution >= 4 is 11.6 Å². The van der Waals surface area contributed by atoms with Gasteiger partial charge < -0.3 is 15.0 Å². The predicted molar refractivity (Wildman–Crippen MR) is 105 cm³/mol. The van der Waals surface area contributed by atoms with Crippen LogP contribution in [0.3, 0.4) is 0 Å². The molecule has 0 unspecified atom stereocenters. The molecule has 144 valence electrons. The molecule has 1 aromatic heterocycles. The van der Waals surface area contributed by atoms with Crippen LogP contribution in [0, 0.1) is 5.92 Å². The molecule has 1 fully saturated rings. The summed E-state index contributed by atoms with van der Waals surface area (Å²) in [7, 11) is 1.69. The van der Waals surface area contributed by atoms with Crippen molar-refractivity contribution in [1.29, 1.82) is 0 Å². The molecule has 2 heterocycles. The van der Waals surface area contributed by atoms with E-state index in [0.29, 0.717) is 18.0 Å². The van der Waals surface area contributed by atoms with Gasteiger partial charge in [0.25, 0.3) is 5.91 Å². The third-order valence-corrected chi connectivity index (χ3v) is 4.98. The first-order valence-corrected chi connectivity index (χ1v) is 9.24. The maximum Gasteiger partial charge on any atom is 0.251 e. The van der Waals surface area contributed by atoms with Crippen molar-refractivity contribution in [3.63, 3.8) is 0 Å². The lowest BCUT2D eigenvalue weighted by Gasteiger charge is -2.21.